The van der Waals surface area contributed by atoms with Crippen LogP contribution in [0, 0.1) is 6.92 Å². The van der Waals surface area contributed by atoms with Gasteiger partial charge in [0.05, 0.1) is 29.4 Å². The van der Waals surface area contributed by atoms with Crippen LogP contribution >= 0.6 is 0 Å². The molecular formula is C16H11F3N4O4. The van der Waals surface area contributed by atoms with Crippen molar-refractivity contribution < 1.29 is 22.7 Å². The van der Waals surface area contributed by atoms with Crippen molar-refractivity contribution in [1.82, 2.24) is 19.5 Å². The molecule has 0 saturated carbocycles. The fourth-order valence-electron chi connectivity index (χ4n) is 2.58. The van der Waals surface area contributed by atoms with Gasteiger partial charge < -0.3 is 4.74 Å². The topological polar surface area (TPSA) is 107 Å². The summed E-state index contributed by atoms with van der Waals surface area (Å²) in [4.78, 5) is 46.0. The van der Waals surface area contributed by atoms with Crippen LogP contribution in [-0.4, -0.2) is 32.6 Å². The van der Waals surface area contributed by atoms with Gasteiger partial charge in [0.15, 0.2) is 5.65 Å². The Hall–Kier alpha value is -3.50. The number of alkyl halides is 3. The molecule has 0 aliphatic rings. The van der Waals surface area contributed by atoms with Crippen LogP contribution in [-0.2, 0) is 10.9 Å². The number of carbonyl (C=O) groups excluding carboxylic acids is 1. The van der Waals surface area contributed by atoms with Gasteiger partial charge in [0.1, 0.15) is 5.69 Å². The fraction of sp³-hybridized carbons (Fsp3) is 0.188. The summed E-state index contributed by atoms with van der Waals surface area (Å²) in [5.41, 5.74) is -4.42. The van der Waals surface area contributed by atoms with Crippen LogP contribution in [0.5, 0.6) is 0 Å². The summed E-state index contributed by atoms with van der Waals surface area (Å²) in [5, 5.41) is -0.502. The van der Waals surface area contributed by atoms with Gasteiger partial charge in [-0.3, -0.25) is 14.8 Å². The summed E-state index contributed by atoms with van der Waals surface area (Å²) < 4.78 is 45.1. The monoisotopic (exact) mass is 380 g/mol. The zero-order valence-corrected chi connectivity index (χ0v) is 13.9. The molecule has 3 aromatic heterocycles. The molecule has 3 heterocycles. The Morgan fingerprint density at radius 1 is 1.30 bits per heavy atom. The van der Waals surface area contributed by atoms with E-state index in [1.165, 1.54) is 25.3 Å². The largest absolute Gasteiger partial charge is 0.465 e. The number of fused-ring (bicyclic) bond motifs is 1. The number of aromatic nitrogens is 4. The molecule has 0 aliphatic carbocycles. The molecule has 0 atom stereocenters. The number of pyridine rings is 2. The molecule has 0 aromatic carbocycles. The zero-order valence-electron chi connectivity index (χ0n) is 13.9. The van der Waals surface area contributed by atoms with E-state index in [1.54, 1.807) is 0 Å². The van der Waals surface area contributed by atoms with E-state index in [-0.39, 0.29) is 5.69 Å². The number of rotatable bonds is 2. The lowest BCUT2D eigenvalue weighted by Gasteiger charge is -2.14. The average Bonchev–Trinajstić information content (AvgIpc) is 2.60. The highest BCUT2D eigenvalue weighted by Gasteiger charge is 2.35. The average molecular weight is 380 g/mol. The number of ether oxygens (including phenoxy) is 1. The van der Waals surface area contributed by atoms with Crippen molar-refractivity contribution in [3.05, 3.63) is 62.2 Å². The molecule has 11 heteroatoms. The standard InChI is InChI=1S/C16H11F3N4O4/c1-7-9(4-3-5-20-7)23-12-11(13(24)22-15(23)26)8(14(25)27-2)6-10(21-12)16(17,18)19/h3-6H,1-2H3,(H,22,24,26). The van der Waals surface area contributed by atoms with E-state index in [9.17, 15) is 27.6 Å². The number of halogens is 3. The molecule has 8 nitrogen and oxygen atoms in total. The lowest BCUT2D eigenvalue weighted by molar-refractivity contribution is -0.141. The maximum absolute atomic E-state index is 13.3. The molecule has 0 amide bonds. The number of carbonyl (C=O) groups is 1. The van der Waals surface area contributed by atoms with Gasteiger partial charge in [-0.05, 0) is 25.1 Å². The molecule has 0 saturated heterocycles. The number of methoxy groups -OCH3 is 1. The number of nitrogens with one attached hydrogen (secondary N) is 1. The summed E-state index contributed by atoms with van der Waals surface area (Å²) in [6.45, 7) is 1.52. The Kier molecular flexibility index (Phi) is 4.30. The Balaban J connectivity index is 2.59. The number of hydrogen-bond donors (Lipinski definition) is 1. The lowest BCUT2D eigenvalue weighted by atomic mass is 10.1. The predicted octanol–water partition coefficient (Wildman–Crippen LogP) is 1.58. The van der Waals surface area contributed by atoms with Crippen molar-refractivity contribution in [3.8, 4) is 5.69 Å². The van der Waals surface area contributed by atoms with Gasteiger partial charge in [-0.15, -0.1) is 0 Å². The Bertz CT molecular complexity index is 1180. The lowest BCUT2D eigenvalue weighted by Crippen LogP contribution is -2.32. The van der Waals surface area contributed by atoms with Crippen LogP contribution in [0.15, 0.2) is 34.0 Å². The summed E-state index contributed by atoms with van der Waals surface area (Å²) in [7, 11) is 0.956. The van der Waals surface area contributed by atoms with Crippen LogP contribution < -0.4 is 11.2 Å². The van der Waals surface area contributed by atoms with Crippen molar-refractivity contribution in [2.75, 3.05) is 7.11 Å². The molecule has 3 rings (SSSR count). The molecule has 0 unspecified atom stereocenters. The van der Waals surface area contributed by atoms with Crippen molar-refractivity contribution in [2.45, 2.75) is 13.1 Å². The van der Waals surface area contributed by atoms with Gasteiger partial charge >= 0.3 is 17.8 Å². The molecule has 1 N–H and O–H groups in total. The van der Waals surface area contributed by atoms with E-state index >= 15 is 0 Å². The van der Waals surface area contributed by atoms with Crippen molar-refractivity contribution in [2.24, 2.45) is 0 Å². The number of nitrogens with zero attached hydrogens (tertiary/aromatic N) is 3. The van der Waals surface area contributed by atoms with Crippen molar-refractivity contribution >= 4 is 17.0 Å². The first-order valence-corrected chi connectivity index (χ1v) is 7.42. The predicted molar refractivity (Wildman–Crippen MR) is 86.8 cm³/mol. The third-order valence-corrected chi connectivity index (χ3v) is 3.78. The van der Waals surface area contributed by atoms with E-state index < -0.39 is 45.7 Å². The summed E-state index contributed by atoms with van der Waals surface area (Å²) in [5.74, 6) is -1.17. The van der Waals surface area contributed by atoms with Gasteiger partial charge in [0, 0.05) is 6.20 Å². The molecule has 0 fully saturated rings. The van der Waals surface area contributed by atoms with Crippen molar-refractivity contribution in [1.29, 1.82) is 0 Å². The number of aryl methyl sites for hydroxylation is 1. The second kappa shape index (κ2) is 6.34. The van der Waals surface area contributed by atoms with Crippen LogP contribution in [0.25, 0.3) is 16.7 Å². The third kappa shape index (κ3) is 3.07. The highest BCUT2D eigenvalue weighted by atomic mass is 19.4. The van der Waals surface area contributed by atoms with Crippen LogP contribution in [0.3, 0.4) is 0 Å². The normalized spacial score (nSPS) is 11.6. The third-order valence-electron chi connectivity index (χ3n) is 3.78. The zero-order chi connectivity index (χ0) is 19.9. The second-order valence-electron chi connectivity index (χ2n) is 5.45. The number of H-pyrrole nitrogens is 1. The van der Waals surface area contributed by atoms with Crippen LogP contribution in [0.4, 0.5) is 13.2 Å². The van der Waals surface area contributed by atoms with Gasteiger partial charge in [0.25, 0.3) is 5.56 Å². The van der Waals surface area contributed by atoms with E-state index in [0.717, 1.165) is 11.7 Å². The van der Waals surface area contributed by atoms with E-state index in [0.29, 0.717) is 11.8 Å². The summed E-state index contributed by atoms with van der Waals surface area (Å²) in [6.07, 6.45) is -3.50. The van der Waals surface area contributed by atoms with E-state index in [1.807, 2.05) is 4.98 Å². The fourth-order valence-corrected chi connectivity index (χ4v) is 2.58. The first-order chi connectivity index (χ1) is 12.6. The van der Waals surface area contributed by atoms with E-state index in [4.69, 9.17) is 0 Å². The molecule has 0 radical (unpaired) electrons. The van der Waals surface area contributed by atoms with E-state index in [2.05, 4.69) is 14.7 Å². The van der Waals surface area contributed by atoms with Gasteiger partial charge in [-0.25, -0.2) is 19.1 Å². The first-order valence-electron chi connectivity index (χ1n) is 7.42. The Morgan fingerprint density at radius 3 is 2.59 bits per heavy atom. The first kappa shape index (κ1) is 18.3. The van der Waals surface area contributed by atoms with Gasteiger partial charge in [0.2, 0.25) is 0 Å². The molecule has 0 aliphatic heterocycles. The van der Waals surface area contributed by atoms with Gasteiger partial charge in [-0.1, -0.05) is 0 Å². The van der Waals surface area contributed by atoms with Crippen LogP contribution in [0.2, 0.25) is 0 Å². The minimum atomic E-state index is -4.93. The van der Waals surface area contributed by atoms with Crippen LogP contribution in [0.1, 0.15) is 21.7 Å². The molecule has 0 spiro atoms. The maximum Gasteiger partial charge on any atom is 0.433 e. The second-order valence-corrected chi connectivity index (χ2v) is 5.45. The minimum absolute atomic E-state index is 0.103. The van der Waals surface area contributed by atoms with Crippen molar-refractivity contribution in [3.63, 3.8) is 0 Å². The Labute approximate surface area is 148 Å². The smallest absolute Gasteiger partial charge is 0.433 e. The van der Waals surface area contributed by atoms with Gasteiger partial charge in [-0.2, -0.15) is 13.2 Å². The number of hydrogen-bond acceptors (Lipinski definition) is 6. The molecule has 140 valence electrons. The quantitative estimate of drug-likeness (QED) is 0.677. The molecule has 0 bridgehead atoms. The summed E-state index contributed by atoms with van der Waals surface area (Å²) >= 11 is 0. The summed E-state index contributed by atoms with van der Waals surface area (Å²) in [6, 6.07) is 3.29. The Morgan fingerprint density at radius 2 is 2.00 bits per heavy atom. The molecular weight excluding hydrogens is 369 g/mol. The number of esters is 1. The number of aromatic amines is 1. The highest BCUT2D eigenvalue weighted by molar-refractivity contribution is 6.02. The highest BCUT2D eigenvalue weighted by Crippen LogP contribution is 2.30. The SMILES string of the molecule is COC(=O)c1cc(C(F)(F)F)nc2c1c(=O)[nH]c(=O)n2-c1cccnc1C. The maximum atomic E-state index is 13.3. The molecule has 27 heavy (non-hydrogen) atoms. The minimum Gasteiger partial charge on any atom is -0.465 e. The molecule has 3 aromatic rings.